The van der Waals surface area contributed by atoms with Gasteiger partial charge >= 0.3 is 0 Å². The van der Waals surface area contributed by atoms with Gasteiger partial charge in [0.1, 0.15) is 0 Å². The highest BCUT2D eigenvalue weighted by atomic mass is 15.0. The zero-order chi connectivity index (χ0) is 7.26. The van der Waals surface area contributed by atoms with Gasteiger partial charge in [0, 0.05) is 18.5 Å². The Morgan fingerprint density at radius 3 is 3.09 bits per heavy atom. The molecule has 2 bridgehead atoms. The van der Waals surface area contributed by atoms with Gasteiger partial charge in [0.15, 0.2) is 0 Å². The molecule has 1 heterocycles. The van der Waals surface area contributed by atoms with Gasteiger partial charge in [0.25, 0.3) is 0 Å². The van der Waals surface area contributed by atoms with Crippen LogP contribution in [0.4, 0.5) is 0 Å². The van der Waals surface area contributed by atoms with Crippen molar-refractivity contribution in [3.63, 3.8) is 0 Å². The maximum atomic E-state index is 4.30. The van der Waals surface area contributed by atoms with Crippen molar-refractivity contribution in [2.45, 2.75) is 25.3 Å². The summed E-state index contributed by atoms with van der Waals surface area (Å²) in [6.45, 7) is 1.10. The van der Waals surface area contributed by atoms with Crippen LogP contribution in [-0.4, -0.2) is 18.9 Å². The molecule has 4 atom stereocenters. The van der Waals surface area contributed by atoms with Gasteiger partial charge in [-0.2, -0.15) is 0 Å². The Morgan fingerprint density at radius 2 is 2.18 bits per heavy atom. The molecule has 2 aliphatic carbocycles. The zero-order valence-electron chi connectivity index (χ0n) is 6.66. The lowest BCUT2D eigenvalue weighted by Crippen LogP contribution is -2.44. The topological polar surface area (TPSA) is 24.4 Å². The zero-order valence-corrected chi connectivity index (χ0v) is 6.66. The van der Waals surface area contributed by atoms with E-state index in [1.165, 1.54) is 19.3 Å². The molecule has 0 aromatic heterocycles. The summed E-state index contributed by atoms with van der Waals surface area (Å²) < 4.78 is 0. The van der Waals surface area contributed by atoms with Gasteiger partial charge in [-0.3, -0.25) is 4.99 Å². The molecule has 2 nitrogen and oxygen atoms in total. The third-order valence-corrected chi connectivity index (χ3v) is 3.76. The highest BCUT2D eigenvalue weighted by Crippen LogP contribution is 2.48. The van der Waals surface area contributed by atoms with Gasteiger partial charge in [-0.15, -0.1) is 0 Å². The van der Waals surface area contributed by atoms with Crippen LogP contribution in [0, 0.1) is 17.8 Å². The second kappa shape index (κ2) is 1.99. The summed E-state index contributed by atoms with van der Waals surface area (Å²) in [4.78, 5) is 4.30. The molecular formula is C9H14N2. The first-order chi connectivity index (χ1) is 5.45. The molecule has 0 aromatic carbocycles. The van der Waals surface area contributed by atoms with E-state index >= 15 is 0 Å². The number of fused-ring (bicyclic) bond motifs is 5. The maximum Gasteiger partial charge on any atom is 0.0826 e. The molecule has 0 amide bonds. The minimum Gasteiger partial charge on any atom is -0.373 e. The van der Waals surface area contributed by atoms with Crippen molar-refractivity contribution in [3.8, 4) is 0 Å². The average Bonchev–Trinajstić information content (AvgIpc) is 2.64. The highest BCUT2D eigenvalue weighted by Gasteiger charge is 2.47. The summed E-state index contributed by atoms with van der Waals surface area (Å²) in [5.74, 6) is 2.88. The number of hydrogen-bond acceptors (Lipinski definition) is 2. The van der Waals surface area contributed by atoms with Crippen molar-refractivity contribution in [2.75, 3.05) is 6.54 Å². The van der Waals surface area contributed by atoms with Crippen molar-refractivity contribution in [2.24, 2.45) is 22.7 Å². The van der Waals surface area contributed by atoms with Crippen LogP contribution >= 0.6 is 0 Å². The van der Waals surface area contributed by atoms with Crippen LogP contribution < -0.4 is 5.32 Å². The van der Waals surface area contributed by atoms with E-state index in [0.29, 0.717) is 0 Å². The van der Waals surface area contributed by atoms with Crippen LogP contribution in [-0.2, 0) is 0 Å². The second-order valence-electron chi connectivity index (χ2n) is 4.18. The third-order valence-electron chi connectivity index (χ3n) is 3.76. The van der Waals surface area contributed by atoms with E-state index in [9.17, 15) is 0 Å². The lowest BCUT2D eigenvalue weighted by atomic mass is 9.84. The maximum absolute atomic E-state index is 4.30. The molecule has 60 valence electrons. The summed E-state index contributed by atoms with van der Waals surface area (Å²) in [6.07, 6.45) is 6.34. The minimum atomic E-state index is 0.797. The van der Waals surface area contributed by atoms with Gasteiger partial charge in [0.2, 0.25) is 0 Å². The van der Waals surface area contributed by atoms with Crippen LogP contribution in [0.3, 0.4) is 0 Å². The molecule has 0 saturated heterocycles. The average molecular weight is 150 g/mol. The van der Waals surface area contributed by atoms with Crippen molar-refractivity contribution in [3.05, 3.63) is 0 Å². The Balaban J connectivity index is 1.91. The first-order valence-electron chi connectivity index (χ1n) is 4.69. The normalized spacial score (nSPS) is 52.4. The van der Waals surface area contributed by atoms with Gasteiger partial charge < -0.3 is 5.32 Å². The Labute approximate surface area is 67.1 Å². The van der Waals surface area contributed by atoms with Crippen LogP contribution in [0.2, 0.25) is 0 Å². The standard InChI is InChI=1S/C9H14N2/c1-2-7-3-6(1)8-4-10-5-11-9(7)8/h5-9H,1-4H2,(H,10,11). The van der Waals surface area contributed by atoms with E-state index < -0.39 is 0 Å². The molecule has 1 N–H and O–H groups in total. The quantitative estimate of drug-likeness (QED) is 0.548. The van der Waals surface area contributed by atoms with Gasteiger partial charge in [-0.1, -0.05) is 0 Å². The smallest absolute Gasteiger partial charge is 0.0826 e. The van der Waals surface area contributed by atoms with Crippen molar-refractivity contribution < 1.29 is 0 Å². The molecule has 0 radical (unpaired) electrons. The van der Waals surface area contributed by atoms with Gasteiger partial charge in [0.05, 0.1) is 6.34 Å². The highest BCUT2D eigenvalue weighted by molar-refractivity contribution is 5.56. The molecule has 3 aliphatic rings. The molecule has 2 fully saturated rings. The fraction of sp³-hybridized carbons (Fsp3) is 0.889. The molecular weight excluding hydrogens is 136 g/mol. The molecule has 0 spiro atoms. The molecule has 3 rings (SSSR count). The van der Waals surface area contributed by atoms with Crippen LogP contribution in [0.5, 0.6) is 0 Å². The number of hydrogen-bond donors (Lipinski definition) is 1. The Bertz CT molecular complexity index is 180. The Kier molecular flexibility index (Phi) is 1.09. The monoisotopic (exact) mass is 150 g/mol. The fourth-order valence-electron chi connectivity index (χ4n) is 3.25. The van der Waals surface area contributed by atoms with E-state index in [-0.39, 0.29) is 0 Å². The minimum absolute atomic E-state index is 0.797. The fourth-order valence-corrected chi connectivity index (χ4v) is 3.25. The predicted octanol–water partition coefficient (Wildman–Crippen LogP) is 1.03. The molecule has 2 heteroatoms. The summed E-state index contributed by atoms with van der Waals surface area (Å²) in [6, 6.07) is 0.797. The molecule has 1 aliphatic heterocycles. The first-order valence-corrected chi connectivity index (χ1v) is 4.69. The SMILES string of the molecule is C1=NCC2C3CCC(C3)C2N1. The van der Waals surface area contributed by atoms with E-state index in [4.69, 9.17) is 0 Å². The summed E-state index contributed by atoms with van der Waals surface area (Å²) in [5, 5.41) is 3.42. The van der Waals surface area contributed by atoms with Crippen molar-refractivity contribution in [1.29, 1.82) is 0 Å². The van der Waals surface area contributed by atoms with E-state index in [1.54, 1.807) is 0 Å². The van der Waals surface area contributed by atoms with Crippen molar-refractivity contribution in [1.82, 2.24) is 5.32 Å². The van der Waals surface area contributed by atoms with Crippen LogP contribution in [0.25, 0.3) is 0 Å². The Morgan fingerprint density at radius 1 is 1.27 bits per heavy atom. The number of nitrogens with one attached hydrogen (secondary N) is 1. The number of nitrogens with zero attached hydrogens (tertiary/aromatic N) is 1. The summed E-state index contributed by atoms with van der Waals surface area (Å²) in [7, 11) is 0. The van der Waals surface area contributed by atoms with Gasteiger partial charge in [-0.25, -0.2) is 0 Å². The number of rotatable bonds is 0. The lowest BCUT2D eigenvalue weighted by Gasteiger charge is -2.32. The third kappa shape index (κ3) is 0.700. The van der Waals surface area contributed by atoms with E-state index in [1.807, 2.05) is 6.34 Å². The van der Waals surface area contributed by atoms with Gasteiger partial charge in [-0.05, 0) is 31.1 Å². The largest absolute Gasteiger partial charge is 0.373 e. The number of aliphatic imine (C=N–C) groups is 1. The predicted molar refractivity (Wildman–Crippen MR) is 44.6 cm³/mol. The second-order valence-corrected chi connectivity index (χ2v) is 4.18. The molecule has 2 saturated carbocycles. The van der Waals surface area contributed by atoms with E-state index in [0.717, 1.165) is 30.3 Å². The lowest BCUT2D eigenvalue weighted by molar-refractivity contribution is 0.269. The Hall–Kier alpha value is -0.530. The first kappa shape index (κ1) is 6.04. The summed E-state index contributed by atoms with van der Waals surface area (Å²) >= 11 is 0. The molecule has 0 aromatic rings. The van der Waals surface area contributed by atoms with Crippen molar-refractivity contribution >= 4 is 6.34 Å². The van der Waals surface area contributed by atoms with E-state index in [2.05, 4.69) is 10.3 Å². The summed E-state index contributed by atoms with van der Waals surface area (Å²) in [5.41, 5.74) is 0. The molecule has 4 unspecified atom stereocenters. The van der Waals surface area contributed by atoms with Crippen LogP contribution in [0.1, 0.15) is 19.3 Å². The molecule has 11 heavy (non-hydrogen) atoms. The van der Waals surface area contributed by atoms with Crippen LogP contribution in [0.15, 0.2) is 4.99 Å².